The van der Waals surface area contributed by atoms with Crippen molar-refractivity contribution >= 4 is 33.8 Å². The quantitative estimate of drug-likeness (QED) is 0.379. The van der Waals surface area contributed by atoms with E-state index in [0.29, 0.717) is 48.8 Å². The first kappa shape index (κ1) is 25.4. The molecule has 2 heterocycles. The summed E-state index contributed by atoms with van der Waals surface area (Å²) in [6.45, 7) is 13.4. The highest BCUT2D eigenvalue weighted by Gasteiger charge is 2.19. The van der Waals surface area contributed by atoms with E-state index in [1.807, 2.05) is 50.6 Å². The number of imidazole rings is 1. The number of amides is 1. The number of nitrogens with two attached hydrogens (primary N) is 1. The average Bonchev–Trinajstić information content (AvgIpc) is 3.09. The van der Waals surface area contributed by atoms with Crippen LogP contribution in [0.2, 0.25) is 0 Å². The molecular formula is C24H36N6O4. The molecule has 4 N–H and O–H groups in total. The second kappa shape index (κ2) is 10.8. The van der Waals surface area contributed by atoms with Gasteiger partial charge in [0.25, 0.3) is 0 Å². The van der Waals surface area contributed by atoms with Crippen LogP contribution < -0.4 is 21.2 Å². The standard InChI is InChI=1S/C24H36N6O4/c1-7-32-14-19-27-20-21(30(19)29-15(2)3)17-10-9-16(13-18(17)26-22(20)25)33-11-8-12-34-23(31)28-24(4,5)6/h9-10,13,15,29H,7-8,11-12,14H2,1-6H3,(H2,25,26)(H,28,31). The van der Waals surface area contributed by atoms with Crippen LogP contribution in [0.25, 0.3) is 21.9 Å². The van der Waals surface area contributed by atoms with Gasteiger partial charge in [-0.1, -0.05) is 0 Å². The minimum atomic E-state index is -0.433. The molecule has 0 unspecified atom stereocenters. The number of nitrogen functional groups attached to an aromatic ring is 1. The Morgan fingerprint density at radius 3 is 2.65 bits per heavy atom. The molecule has 1 amide bonds. The normalized spacial score (nSPS) is 11.9. The lowest BCUT2D eigenvalue weighted by Gasteiger charge is -2.19. The van der Waals surface area contributed by atoms with Crippen molar-refractivity contribution in [2.75, 3.05) is 31.0 Å². The van der Waals surface area contributed by atoms with E-state index in [1.54, 1.807) is 0 Å². The molecule has 3 aromatic rings. The molecule has 0 saturated heterocycles. The molecule has 0 spiro atoms. The first-order chi connectivity index (χ1) is 16.1. The molecule has 2 aromatic heterocycles. The van der Waals surface area contributed by atoms with Crippen LogP contribution in [0, 0.1) is 0 Å². The summed E-state index contributed by atoms with van der Waals surface area (Å²) in [5.41, 5.74) is 11.6. The number of benzene rings is 1. The van der Waals surface area contributed by atoms with Crippen LogP contribution in [-0.4, -0.2) is 52.1 Å². The molecule has 3 rings (SSSR count). The van der Waals surface area contributed by atoms with Crippen molar-refractivity contribution in [3.05, 3.63) is 24.0 Å². The number of hydrogen-bond donors (Lipinski definition) is 3. The summed E-state index contributed by atoms with van der Waals surface area (Å²) in [5.74, 6) is 1.75. The number of fused-ring (bicyclic) bond motifs is 3. The maximum atomic E-state index is 11.7. The van der Waals surface area contributed by atoms with Gasteiger partial charge < -0.3 is 30.7 Å². The van der Waals surface area contributed by atoms with Gasteiger partial charge in [-0.05, 0) is 53.7 Å². The molecule has 0 saturated carbocycles. The van der Waals surface area contributed by atoms with Crippen LogP contribution in [-0.2, 0) is 16.1 Å². The van der Waals surface area contributed by atoms with Gasteiger partial charge in [0, 0.05) is 36.1 Å². The van der Waals surface area contributed by atoms with Crippen LogP contribution >= 0.6 is 0 Å². The number of ether oxygens (including phenoxy) is 3. The van der Waals surface area contributed by atoms with Gasteiger partial charge in [0.15, 0.2) is 11.6 Å². The van der Waals surface area contributed by atoms with Crippen LogP contribution in [0.3, 0.4) is 0 Å². The Labute approximate surface area is 200 Å². The Balaban J connectivity index is 1.76. The van der Waals surface area contributed by atoms with Gasteiger partial charge in [-0.15, -0.1) is 0 Å². The van der Waals surface area contributed by atoms with Crippen molar-refractivity contribution in [3.63, 3.8) is 0 Å². The maximum Gasteiger partial charge on any atom is 0.407 e. The number of anilines is 1. The van der Waals surface area contributed by atoms with Crippen molar-refractivity contribution in [3.8, 4) is 5.75 Å². The van der Waals surface area contributed by atoms with Crippen LogP contribution in [0.15, 0.2) is 18.2 Å². The van der Waals surface area contributed by atoms with Crippen molar-refractivity contribution in [2.24, 2.45) is 0 Å². The van der Waals surface area contributed by atoms with Crippen molar-refractivity contribution in [1.82, 2.24) is 20.0 Å². The third-order valence-electron chi connectivity index (χ3n) is 4.74. The van der Waals surface area contributed by atoms with E-state index in [1.165, 1.54) is 0 Å². The van der Waals surface area contributed by atoms with E-state index in [4.69, 9.17) is 24.9 Å². The van der Waals surface area contributed by atoms with Crippen molar-refractivity contribution < 1.29 is 19.0 Å². The molecule has 10 nitrogen and oxygen atoms in total. The molecule has 34 heavy (non-hydrogen) atoms. The Morgan fingerprint density at radius 2 is 1.97 bits per heavy atom. The molecule has 0 aliphatic heterocycles. The second-order valence-electron chi connectivity index (χ2n) is 9.37. The molecule has 0 aliphatic carbocycles. The lowest BCUT2D eigenvalue weighted by Crippen LogP contribution is -2.41. The summed E-state index contributed by atoms with van der Waals surface area (Å²) < 4.78 is 18.6. The van der Waals surface area contributed by atoms with Gasteiger partial charge in [-0.25, -0.2) is 19.4 Å². The highest BCUT2D eigenvalue weighted by atomic mass is 16.5. The first-order valence-corrected chi connectivity index (χ1v) is 11.6. The fraction of sp³-hybridized carbons (Fsp3) is 0.542. The van der Waals surface area contributed by atoms with Crippen molar-refractivity contribution in [2.45, 2.75) is 66.2 Å². The molecule has 10 heteroatoms. The Kier molecular flexibility index (Phi) is 8.03. The fourth-order valence-electron chi connectivity index (χ4n) is 3.41. The SMILES string of the molecule is CCOCc1nc2c(N)nc3cc(OCCCOC(=O)NC(C)(C)C)ccc3c2n1NC(C)C. The highest BCUT2D eigenvalue weighted by molar-refractivity contribution is 6.07. The zero-order valence-electron chi connectivity index (χ0n) is 20.9. The zero-order chi connectivity index (χ0) is 24.9. The van der Waals surface area contributed by atoms with Gasteiger partial charge in [0.2, 0.25) is 0 Å². The predicted octanol–water partition coefficient (Wildman–Crippen LogP) is 3.95. The van der Waals surface area contributed by atoms with Crippen LogP contribution in [0.5, 0.6) is 5.75 Å². The van der Waals surface area contributed by atoms with E-state index in [0.717, 1.165) is 16.7 Å². The Bertz CT molecular complexity index is 1140. The number of rotatable bonds is 10. The number of nitrogens with zero attached hydrogens (tertiary/aromatic N) is 3. The molecule has 0 atom stereocenters. The zero-order valence-corrected chi connectivity index (χ0v) is 20.9. The Hall–Kier alpha value is -3.27. The average molecular weight is 473 g/mol. The topological polar surface area (TPSA) is 126 Å². The van der Waals surface area contributed by atoms with Gasteiger partial charge in [0.1, 0.15) is 23.4 Å². The second-order valence-corrected chi connectivity index (χ2v) is 9.37. The summed E-state index contributed by atoms with van der Waals surface area (Å²) in [7, 11) is 0. The molecule has 0 aliphatic rings. The van der Waals surface area contributed by atoms with E-state index in [-0.39, 0.29) is 18.2 Å². The summed E-state index contributed by atoms with van der Waals surface area (Å²) in [5, 5.41) is 3.66. The molecule has 0 bridgehead atoms. The van der Waals surface area contributed by atoms with Gasteiger partial charge in [0.05, 0.1) is 18.7 Å². The molecule has 0 radical (unpaired) electrons. The molecule has 1 aromatic carbocycles. The number of alkyl carbamates (subject to hydrolysis) is 1. The molecule has 0 fully saturated rings. The number of carbonyl (C=O) groups excluding carboxylic acids is 1. The third-order valence-corrected chi connectivity index (χ3v) is 4.74. The number of hydrogen-bond acceptors (Lipinski definition) is 8. The third kappa shape index (κ3) is 6.40. The molecule has 186 valence electrons. The summed E-state index contributed by atoms with van der Waals surface area (Å²) in [4.78, 5) is 21.0. The largest absolute Gasteiger partial charge is 0.493 e. The first-order valence-electron chi connectivity index (χ1n) is 11.6. The lowest BCUT2D eigenvalue weighted by atomic mass is 10.1. The Morgan fingerprint density at radius 1 is 1.21 bits per heavy atom. The van der Waals surface area contributed by atoms with Crippen LogP contribution in [0.4, 0.5) is 10.6 Å². The summed E-state index contributed by atoms with van der Waals surface area (Å²) in [6, 6.07) is 5.88. The maximum absolute atomic E-state index is 11.7. The minimum absolute atomic E-state index is 0.178. The fourth-order valence-corrected chi connectivity index (χ4v) is 3.41. The van der Waals surface area contributed by atoms with Crippen LogP contribution in [0.1, 0.15) is 53.8 Å². The number of carbonyl (C=O) groups is 1. The van der Waals surface area contributed by atoms with E-state index < -0.39 is 6.09 Å². The van der Waals surface area contributed by atoms with Gasteiger partial charge in [-0.2, -0.15) is 0 Å². The number of aromatic nitrogens is 3. The van der Waals surface area contributed by atoms with E-state index in [9.17, 15) is 4.79 Å². The smallest absolute Gasteiger partial charge is 0.407 e. The summed E-state index contributed by atoms with van der Waals surface area (Å²) >= 11 is 0. The number of pyridine rings is 1. The monoisotopic (exact) mass is 472 g/mol. The minimum Gasteiger partial charge on any atom is -0.493 e. The molecular weight excluding hydrogens is 436 g/mol. The predicted molar refractivity (Wildman–Crippen MR) is 134 cm³/mol. The summed E-state index contributed by atoms with van der Waals surface area (Å²) in [6.07, 6.45) is 0.132. The van der Waals surface area contributed by atoms with E-state index in [2.05, 4.69) is 29.6 Å². The van der Waals surface area contributed by atoms with Crippen molar-refractivity contribution in [1.29, 1.82) is 0 Å². The van der Waals surface area contributed by atoms with Gasteiger partial charge >= 0.3 is 6.09 Å². The highest BCUT2D eigenvalue weighted by Crippen LogP contribution is 2.30. The lowest BCUT2D eigenvalue weighted by molar-refractivity contribution is 0.126. The number of nitrogens with one attached hydrogen (secondary N) is 2. The van der Waals surface area contributed by atoms with Gasteiger partial charge in [-0.3, -0.25) is 0 Å². The van der Waals surface area contributed by atoms with E-state index >= 15 is 0 Å².